The minimum atomic E-state index is -3.87. The Balaban J connectivity index is 1.90. The number of amides is 1. The number of rotatable bonds is 7. The molecule has 5 nitrogen and oxygen atoms in total. The highest BCUT2D eigenvalue weighted by atomic mass is 32.2. The molecule has 3 rings (SSSR count). The Hall–Kier alpha value is -2.77. The van der Waals surface area contributed by atoms with Gasteiger partial charge in [0.2, 0.25) is 0 Å². The van der Waals surface area contributed by atoms with Crippen LogP contribution in [-0.4, -0.2) is 20.4 Å². The van der Waals surface area contributed by atoms with Gasteiger partial charge in [-0.25, -0.2) is 8.42 Å². The standard InChI is InChI=1S/C23H24N2O3S2/c1-16(2)24-23(26)20-15-19(14-13-17(20)3)30(27,28)25-21-11-7-8-12-22(21)29-18-9-5-4-6-10-18/h4-16,25H,1-3H3,(H,24,26). The molecule has 0 atom stereocenters. The maximum atomic E-state index is 13.1. The normalized spacial score (nSPS) is 11.3. The van der Waals surface area contributed by atoms with Crippen LogP contribution in [0, 0.1) is 6.92 Å². The molecule has 7 heteroatoms. The van der Waals surface area contributed by atoms with Gasteiger partial charge >= 0.3 is 0 Å². The Morgan fingerprint density at radius 3 is 2.30 bits per heavy atom. The molecule has 0 aliphatic heterocycles. The molecule has 0 heterocycles. The van der Waals surface area contributed by atoms with E-state index in [9.17, 15) is 13.2 Å². The van der Waals surface area contributed by atoms with Gasteiger partial charge in [-0.2, -0.15) is 0 Å². The summed E-state index contributed by atoms with van der Waals surface area (Å²) in [6, 6.07) is 21.5. The minimum absolute atomic E-state index is 0.0431. The maximum Gasteiger partial charge on any atom is 0.261 e. The van der Waals surface area contributed by atoms with Crippen molar-refractivity contribution in [3.05, 3.63) is 83.9 Å². The third-order valence-corrected chi connectivity index (χ3v) is 6.73. The molecule has 0 aromatic heterocycles. The van der Waals surface area contributed by atoms with Crippen LogP contribution < -0.4 is 10.0 Å². The molecule has 0 aliphatic rings. The van der Waals surface area contributed by atoms with Crippen molar-refractivity contribution in [3.63, 3.8) is 0 Å². The van der Waals surface area contributed by atoms with Gasteiger partial charge in [0, 0.05) is 21.4 Å². The average molecular weight is 441 g/mol. The summed E-state index contributed by atoms with van der Waals surface area (Å²) in [6.45, 7) is 5.50. The Morgan fingerprint density at radius 2 is 1.60 bits per heavy atom. The lowest BCUT2D eigenvalue weighted by Crippen LogP contribution is -2.30. The molecule has 3 aromatic carbocycles. The van der Waals surface area contributed by atoms with Crippen molar-refractivity contribution in [1.82, 2.24) is 5.32 Å². The molecule has 0 unspecified atom stereocenters. The number of hydrogen-bond donors (Lipinski definition) is 2. The van der Waals surface area contributed by atoms with E-state index in [0.717, 1.165) is 9.79 Å². The molecule has 0 spiro atoms. The Bertz CT molecular complexity index is 1140. The third-order valence-electron chi connectivity index (χ3n) is 4.29. The van der Waals surface area contributed by atoms with Gasteiger partial charge in [0.25, 0.3) is 15.9 Å². The Kier molecular flexibility index (Phi) is 6.84. The van der Waals surface area contributed by atoms with Crippen molar-refractivity contribution in [2.45, 2.75) is 41.5 Å². The molecular formula is C23H24N2O3S2. The van der Waals surface area contributed by atoms with E-state index in [-0.39, 0.29) is 16.8 Å². The fourth-order valence-corrected chi connectivity index (χ4v) is 4.90. The first-order valence-corrected chi connectivity index (χ1v) is 11.8. The number of hydrogen-bond acceptors (Lipinski definition) is 4. The summed E-state index contributed by atoms with van der Waals surface area (Å²) in [7, 11) is -3.87. The van der Waals surface area contributed by atoms with E-state index < -0.39 is 10.0 Å². The highest BCUT2D eigenvalue weighted by Gasteiger charge is 2.20. The topological polar surface area (TPSA) is 75.3 Å². The Labute approximate surface area is 182 Å². The molecule has 1 amide bonds. The van der Waals surface area contributed by atoms with Crippen molar-refractivity contribution in [2.24, 2.45) is 0 Å². The molecule has 0 radical (unpaired) electrons. The number of aryl methyl sites for hydroxylation is 1. The van der Waals surface area contributed by atoms with Crippen LogP contribution in [-0.2, 0) is 10.0 Å². The summed E-state index contributed by atoms with van der Waals surface area (Å²) in [5.74, 6) is -0.292. The lowest BCUT2D eigenvalue weighted by atomic mass is 10.1. The first-order valence-electron chi connectivity index (χ1n) is 9.52. The number of benzene rings is 3. The number of carbonyl (C=O) groups excluding carboxylic acids is 1. The van der Waals surface area contributed by atoms with Crippen molar-refractivity contribution in [3.8, 4) is 0 Å². The summed E-state index contributed by atoms with van der Waals surface area (Å²) >= 11 is 1.48. The van der Waals surface area contributed by atoms with Gasteiger partial charge in [0.15, 0.2) is 0 Å². The van der Waals surface area contributed by atoms with E-state index in [0.29, 0.717) is 16.8 Å². The average Bonchev–Trinajstić information content (AvgIpc) is 2.69. The number of carbonyl (C=O) groups is 1. The molecule has 0 aliphatic carbocycles. The van der Waals surface area contributed by atoms with Gasteiger partial charge in [-0.15, -0.1) is 0 Å². The smallest absolute Gasteiger partial charge is 0.261 e. The predicted molar refractivity (Wildman–Crippen MR) is 122 cm³/mol. The molecule has 2 N–H and O–H groups in total. The van der Waals surface area contributed by atoms with Crippen LogP contribution in [0.3, 0.4) is 0 Å². The summed E-state index contributed by atoms with van der Waals surface area (Å²) in [6.07, 6.45) is 0. The van der Waals surface area contributed by atoms with Crippen molar-refractivity contribution >= 4 is 33.4 Å². The van der Waals surface area contributed by atoms with E-state index in [4.69, 9.17) is 0 Å². The van der Waals surface area contributed by atoms with Gasteiger partial charge < -0.3 is 5.32 Å². The van der Waals surface area contributed by atoms with Gasteiger partial charge in [0.05, 0.1) is 10.6 Å². The minimum Gasteiger partial charge on any atom is -0.350 e. The molecule has 3 aromatic rings. The monoisotopic (exact) mass is 440 g/mol. The van der Waals surface area contributed by atoms with Gasteiger partial charge in [0.1, 0.15) is 0 Å². The highest BCUT2D eigenvalue weighted by Crippen LogP contribution is 2.34. The van der Waals surface area contributed by atoms with E-state index in [1.54, 1.807) is 25.1 Å². The second-order valence-electron chi connectivity index (χ2n) is 7.12. The fourth-order valence-electron chi connectivity index (χ4n) is 2.81. The van der Waals surface area contributed by atoms with E-state index in [1.807, 2.05) is 56.3 Å². The van der Waals surface area contributed by atoms with E-state index >= 15 is 0 Å². The van der Waals surface area contributed by atoms with Gasteiger partial charge in [-0.1, -0.05) is 48.2 Å². The molecule has 156 valence electrons. The zero-order valence-corrected chi connectivity index (χ0v) is 18.7. The van der Waals surface area contributed by atoms with Crippen LogP contribution in [0.25, 0.3) is 0 Å². The lowest BCUT2D eigenvalue weighted by Gasteiger charge is -2.14. The molecular weight excluding hydrogens is 416 g/mol. The van der Waals surface area contributed by atoms with E-state index in [2.05, 4.69) is 10.0 Å². The van der Waals surface area contributed by atoms with Crippen LogP contribution in [0.1, 0.15) is 29.8 Å². The van der Waals surface area contributed by atoms with Crippen LogP contribution >= 0.6 is 11.8 Å². The summed E-state index contributed by atoms with van der Waals surface area (Å²) in [5.41, 5.74) is 1.55. The summed E-state index contributed by atoms with van der Waals surface area (Å²) < 4.78 is 28.8. The molecule has 0 saturated heterocycles. The Morgan fingerprint density at radius 1 is 0.933 bits per heavy atom. The zero-order chi connectivity index (χ0) is 21.7. The van der Waals surface area contributed by atoms with Gasteiger partial charge in [-0.05, 0) is 62.7 Å². The highest BCUT2D eigenvalue weighted by molar-refractivity contribution is 7.99. The number of nitrogens with one attached hydrogen (secondary N) is 2. The van der Waals surface area contributed by atoms with Crippen LogP contribution in [0.4, 0.5) is 5.69 Å². The second-order valence-corrected chi connectivity index (χ2v) is 9.92. The maximum absolute atomic E-state index is 13.1. The second kappa shape index (κ2) is 9.36. The van der Waals surface area contributed by atoms with Gasteiger partial charge in [-0.3, -0.25) is 9.52 Å². The van der Waals surface area contributed by atoms with Crippen molar-refractivity contribution < 1.29 is 13.2 Å². The van der Waals surface area contributed by atoms with Crippen molar-refractivity contribution in [2.75, 3.05) is 4.72 Å². The van der Waals surface area contributed by atoms with Crippen molar-refractivity contribution in [1.29, 1.82) is 0 Å². The molecule has 0 fully saturated rings. The molecule has 30 heavy (non-hydrogen) atoms. The van der Waals surface area contributed by atoms with Crippen LogP contribution in [0.2, 0.25) is 0 Å². The number of anilines is 1. The quantitative estimate of drug-likeness (QED) is 0.537. The van der Waals surface area contributed by atoms with Crippen LogP contribution in [0.15, 0.2) is 87.5 Å². The molecule has 0 saturated carbocycles. The third kappa shape index (κ3) is 5.43. The predicted octanol–water partition coefficient (Wildman–Crippen LogP) is 5.09. The SMILES string of the molecule is Cc1ccc(S(=O)(=O)Nc2ccccc2Sc2ccccc2)cc1C(=O)NC(C)C. The largest absolute Gasteiger partial charge is 0.350 e. The van der Waals surface area contributed by atoms with E-state index in [1.165, 1.54) is 23.9 Å². The number of sulfonamides is 1. The van der Waals surface area contributed by atoms with Crippen LogP contribution in [0.5, 0.6) is 0 Å². The summed E-state index contributed by atoms with van der Waals surface area (Å²) in [4.78, 5) is 14.3. The number of para-hydroxylation sites is 1. The zero-order valence-electron chi connectivity index (χ0n) is 17.0. The molecule has 0 bridgehead atoms. The first kappa shape index (κ1) is 21.9. The first-order chi connectivity index (χ1) is 14.3. The summed E-state index contributed by atoms with van der Waals surface area (Å²) in [5, 5.41) is 2.81. The lowest BCUT2D eigenvalue weighted by molar-refractivity contribution is 0.0942. The fraction of sp³-hybridized carbons (Fsp3) is 0.174.